The standard InChI is InChI=1S/C10H9NO6S2/c11-7-3-1-2-6-8(18(12,13)14)4-5-9(10(6)7)19(15,16)17/h1-5H,11H2,(H,12,13,14)(H,15,16,17). The SMILES string of the molecule is Nc1cccc2c(S(=O)(=O)O)ccc(S(=O)(=O)O)c12. The van der Waals surface area contributed by atoms with Crippen LogP contribution in [-0.2, 0) is 20.2 Å². The summed E-state index contributed by atoms with van der Waals surface area (Å²) in [5.74, 6) is 0. The Morgan fingerprint density at radius 2 is 1.37 bits per heavy atom. The van der Waals surface area contributed by atoms with E-state index in [0.29, 0.717) is 0 Å². The second-order valence-electron chi connectivity index (χ2n) is 3.78. The van der Waals surface area contributed by atoms with Gasteiger partial charge in [0.05, 0.1) is 0 Å². The molecule has 19 heavy (non-hydrogen) atoms. The maximum Gasteiger partial charge on any atom is 0.295 e. The van der Waals surface area contributed by atoms with Gasteiger partial charge in [0, 0.05) is 16.5 Å². The Bertz CT molecular complexity index is 870. The van der Waals surface area contributed by atoms with Crippen molar-refractivity contribution in [1.29, 1.82) is 0 Å². The zero-order valence-electron chi connectivity index (χ0n) is 9.31. The number of benzene rings is 2. The molecule has 0 unspecified atom stereocenters. The van der Waals surface area contributed by atoms with Crippen molar-refractivity contribution in [1.82, 2.24) is 0 Å². The average Bonchev–Trinajstić information content (AvgIpc) is 2.25. The van der Waals surface area contributed by atoms with Gasteiger partial charge in [-0.25, -0.2) is 0 Å². The van der Waals surface area contributed by atoms with Crippen LogP contribution >= 0.6 is 0 Å². The van der Waals surface area contributed by atoms with Gasteiger partial charge >= 0.3 is 0 Å². The minimum Gasteiger partial charge on any atom is -0.398 e. The lowest BCUT2D eigenvalue weighted by Gasteiger charge is -2.09. The van der Waals surface area contributed by atoms with E-state index in [1.807, 2.05) is 0 Å². The quantitative estimate of drug-likeness (QED) is 0.554. The van der Waals surface area contributed by atoms with E-state index in [1.165, 1.54) is 18.2 Å². The number of nitrogens with two attached hydrogens (primary N) is 1. The Kier molecular flexibility index (Phi) is 3.01. The first kappa shape index (κ1) is 13.7. The van der Waals surface area contributed by atoms with E-state index in [2.05, 4.69) is 0 Å². The molecule has 0 bridgehead atoms. The molecule has 2 aromatic rings. The summed E-state index contributed by atoms with van der Waals surface area (Å²) in [7, 11) is -9.11. The second kappa shape index (κ2) is 4.17. The summed E-state index contributed by atoms with van der Waals surface area (Å²) in [5.41, 5.74) is 5.58. The molecular weight excluding hydrogens is 294 g/mol. The summed E-state index contributed by atoms with van der Waals surface area (Å²) in [6.45, 7) is 0. The van der Waals surface area contributed by atoms with E-state index < -0.39 is 30.0 Å². The third-order valence-electron chi connectivity index (χ3n) is 2.55. The lowest BCUT2D eigenvalue weighted by Crippen LogP contribution is -2.05. The third-order valence-corrected chi connectivity index (χ3v) is 4.36. The first-order valence-corrected chi connectivity index (χ1v) is 7.76. The van der Waals surface area contributed by atoms with Crippen LogP contribution in [0.25, 0.3) is 10.8 Å². The molecule has 0 atom stereocenters. The molecule has 0 heterocycles. The molecule has 0 fully saturated rings. The molecule has 0 aliphatic heterocycles. The van der Waals surface area contributed by atoms with Gasteiger partial charge in [-0.05, 0) is 18.2 Å². The highest BCUT2D eigenvalue weighted by Gasteiger charge is 2.22. The van der Waals surface area contributed by atoms with Crippen molar-refractivity contribution in [2.75, 3.05) is 5.73 Å². The number of hydrogen-bond donors (Lipinski definition) is 3. The van der Waals surface area contributed by atoms with E-state index in [0.717, 1.165) is 12.1 Å². The van der Waals surface area contributed by atoms with Crippen LogP contribution in [0.5, 0.6) is 0 Å². The molecule has 7 nitrogen and oxygen atoms in total. The lowest BCUT2D eigenvalue weighted by atomic mass is 10.1. The van der Waals surface area contributed by atoms with E-state index in [1.54, 1.807) is 0 Å². The normalized spacial score (nSPS) is 12.7. The molecule has 0 aliphatic carbocycles. The van der Waals surface area contributed by atoms with Gasteiger partial charge in [-0.2, -0.15) is 16.8 Å². The molecule has 2 rings (SSSR count). The Balaban J connectivity index is 3.10. The first-order valence-electron chi connectivity index (χ1n) is 4.88. The number of nitrogen functional groups attached to an aromatic ring is 1. The number of anilines is 1. The molecule has 0 saturated heterocycles. The van der Waals surface area contributed by atoms with Crippen molar-refractivity contribution in [3.8, 4) is 0 Å². The van der Waals surface area contributed by atoms with E-state index >= 15 is 0 Å². The Morgan fingerprint density at radius 1 is 0.842 bits per heavy atom. The first-order chi connectivity index (χ1) is 8.62. The zero-order chi connectivity index (χ0) is 14.4. The largest absolute Gasteiger partial charge is 0.398 e. The van der Waals surface area contributed by atoms with E-state index in [4.69, 9.17) is 14.8 Å². The summed E-state index contributed by atoms with van der Waals surface area (Å²) in [5, 5.41) is -0.238. The third kappa shape index (κ3) is 2.40. The van der Waals surface area contributed by atoms with Crippen LogP contribution in [0.3, 0.4) is 0 Å². The van der Waals surface area contributed by atoms with Crippen LogP contribution in [-0.4, -0.2) is 25.9 Å². The van der Waals surface area contributed by atoms with Crippen molar-refractivity contribution >= 4 is 36.7 Å². The smallest absolute Gasteiger partial charge is 0.295 e. The van der Waals surface area contributed by atoms with Crippen LogP contribution in [0.1, 0.15) is 0 Å². The number of rotatable bonds is 2. The van der Waals surface area contributed by atoms with E-state index in [9.17, 15) is 16.8 Å². The number of fused-ring (bicyclic) bond motifs is 1. The topological polar surface area (TPSA) is 135 Å². The van der Waals surface area contributed by atoms with Crippen LogP contribution < -0.4 is 5.73 Å². The molecule has 0 amide bonds. The highest BCUT2D eigenvalue weighted by Crippen LogP contribution is 2.32. The number of hydrogen-bond acceptors (Lipinski definition) is 5. The van der Waals surface area contributed by atoms with Crippen molar-refractivity contribution < 1.29 is 25.9 Å². The van der Waals surface area contributed by atoms with Crippen molar-refractivity contribution in [3.63, 3.8) is 0 Å². The zero-order valence-corrected chi connectivity index (χ0v) is 10.9. The summed E-state index contributed by atoms with van der Waals surface area (Å²) in [4.78, 5) is -1.00. The maximum atomic E-state index is 11.2. The fraction of sp³-hybridized carbons (Fsp3) is 0. The molecule has 0 aromatic heterocycles. The summed E-state index contributed by atoms with van der Waals surface area (Å²) in [6, 6.07) is 5.80. The summed E-state index contributed by atoms with van der Waals surface area (Å²) >= 11 is 0. The highest BCUT2D eigenvalue weighted by molar-refractivity contribution is 7.86. The molecule has 9 heteroatoms. The minimum absolute atomic E-state index is 0.0318. The van der Waals surface area contributed by atoms with Crippen LogP contribution in [0.15, 0.2) is 40.1 Å². The van der Waals surface area contributed by atoms with Gasteiger partial charge in [-0.1, -0.05) is 12.1 Å². The maximum absolute atomic E-state index is 11.2. The Labute approximate surface area is 109 Å². The van der Waals surface area contributed by atoms with Gasteiger partial charge in [0.15, 0.2) is 0 Å². The Morgan fingerprint density at radius 3 is 1.89 bits per heavy atom. The van der Waals surface area contributed by atoms with Gasteiger partial charge in [-0.15, -0.1) is 0 Å². The van der Waals surface area contributed by atoms with Gasteiger partial charge in [-0.3, -0.25) is 9.11 Å². The van der Waals surface area contributed by atoms with Crippen LogP contribution in [0.2, 0.25) is 0 Å². The van der Waals surface area contributed by atoms with Gasteiger partial charge < -0.3 is 5.73 Å². The predicted octanol–water partition coefficient (Wildman–Crippen LogP) is 0.915. The van der Waals surface area contributed by atoms with Crippen molar-refractivity contribution in [2.24, 2.45) is 0 Å². The highest BCUT2D eigenvalue weighted by atomic mass is 32.2. The summed E-state index contributed by atoms with van der Waals surface area (Å²) < 4.78 is 63.1. The van der Waals surface area contributed by atoms with Gasteiger partial charge in [0.2, 0.25) is 0 Å². The molecular formula is C10H9NO6S2. The van der Waals surface area contributed by atoms with Gasteiger partial charge in [0.1, 0.15) is 9.79 Å². The molecule has 0 spiro atoms. The predicted molar refractivity (Wildman–Crippen MR) is 68.0 cm³/mol. The van der Waals surface area contributed by atoms with Crippen LogP contribution in [0.4, 0.5) is 5.69 Å². The molecule has 0 radical (unpaired) electrons. The molecule has 102 valence electrons. The van der Waals surface area contributed by atoms with Crippen molar-refractivity contribution in [3.05, 3.63) is 30.3 Å². The van der Waals surface area contributed by atoms with Gasteiger partial charge in [0.25, 0.3) is 20.2 Å². The van der Waals surface area contributed by atoms with Crippen molar-refractivity contribution in [2.45, 2.75) is 9.79 Å². The average molecular weight is 303 g/mol. The summed E-state index contributed by atoms with van der Waals surface area (Å²) in [6.07, 6.45) is 0. The monoisotopic (exact) mass is 303 g/mol. The lowest BCUT2D eigenvalue weighted by molar-refractivity contribution is 0.480. The second-order valence-corrected chi connectivity index (χ2v) is 6.56. The molecule has 0 saturated carbocycles. The molecule has 4 N–H and O–H groups in total. The Hall–Kier alpha value is -1.68. The fourth-order valence-corrected chi connectivity index (χ4v) is 3.23. The minimum atomic E-state index is -4.57. The van der Waals surface area contributed by atoms with E-state index in [-0.39, 0.29) is 16.5 Å². The van der Waals surface area contributed by atoms with Crippen LogP contribution in [0, 0.1) is 0 Å². The molecule has 0 aliphatic rings. The molecule has 2 aromatic carbocycles. The fourth-order valence-electron chi connectivity index (χ4n) is 1.81.